The van der Waals surface area contributed by atoms with E-state index in [9.17, 15) is 4.79 Å². The molecule has 0 saturated heterocycles. The van der Waals surface area contributed by atoms with Crippen molar-refractivity contribution < 1.29 is 40.5 Å². The fraction of sp³-hybridized carbons (Fsp3) is 0.625. The Kier molecular flexibility index (Phi) is 9.31. The van der Waals surface area contributed by atoms with Gasteiger partial charge in [-0.3, -0.25) is 4.79 Å². The van der Waals surface area contributed by atoms with Gasteiger partial charge < -0.3 is 9.84 Å². The predicted molar refractivity (Wildman–Crippen MR) is 42.5 cm³/mol. The van der Waals surface area contributed by atoms with Crippen LogP contribution in [0.1, 0.15) is 20.3 Å². The Morgan fingerprint density at radius 2 is 2.17 bits per heavy atom. The van der Waals surface area contributed by atoms with Crippen LogP contribution in [0.4, 0.5) is 0 Å². The van der Waals surface area contributed by atoms with Crippen molar-refractivity contribution in [1.29, 1.82) is 0 Å². The summed E-state index contributed by atoms with van der Waals surface area (Å²) < 4.78 is 4.79. The zero-order valence-electron chi connectivity index (χ0n) is 7.63. The largest absolute Gasteiger partial charge is 0.509 e. The molecule has 0 spiro atoms. The molecule has 1 unspecified atom stereocenters. The molecule has 0 amide bonds. The molecule has 0 aromatic heterocycles. The minimum absolute atomic E-state index is 0. The maximum atomic E-state index is 10.8. The summed E-state index contributed by atoms with van der Waals surface area (Å²) in [6, 6.07) is 0. The van der Waals surface area contributed by atoms with Crippen molar-refractivity contribution >= 4 is 5.78 Å². The van der Waals surface area contributed by atoms with Crippen molar-refractivity contribution in [3.8, 4) is 0 Å². The summed E-state index contributed by atoms with van der Waals surface area (Å²) in [6.45, 7) is 3.42. The Bertz CT molecular complexity index is 166. The fourth-order valence-corrected chi connectivity index (χ4v) is 0.505. The summed E-state index contributed by atoms with van der Waals surface area (Å²) in [6.07, 6.45) is 1.21. The second-order valence-corrected chi connectivity index (χ2v) is 2.27. The van der Waals surface area contributed by atoms with E-state index in [4.69, 9.17) is 9.84 Å². The Labute approximate surface area is 91.6 Å². The maximum Gasteiger partial charge on any atom is 0.158 e. The van der Waals surface area contributed by atoms with Crippen molar-refractivity contribution in [1.82, 2.24) is 0 Å². The van der Waals surface area contributed by atoms with Gasteiger partial charge in [-0.15, -0.1) is 0 Å². The molecule has 0 aliphatic heterocycles. The molecule has 0 heterocycles. The number of hydrogen-bond donors (Lipinski definition) is 1. The smallest absolute Gasteiger partial charge is 0.158 e. The molecule has 0 aliphatic carbocycles. The standard InChI is InChI=1S/C8H14O3.Hf/c1-4-7(9)5-8(10)6(2)11-3;/h5-6,10H,4H2,1-3H3;/b8-5-;. The van der Waals surface area contributed by atoms with Crippen LogP contribution in [0, 0.1) is 0 Å². The summed E-state index contributed by atoms with van der Waals surface area (Å²) in [5.74, 6) is -0.106. The Hall–Kier alpha value is 0.0401. The van der Waals surface area contributed by atoms with Crippen LogP contribution in [0.15, 0.2) is 11.8 Å². The van der Waals surface area contributed by atoms with Gasteiger partial charge in [0.1, 0.15) is 11.9 Å². The molecule has 68 valence electrons. The average molecular weight is 337 g/mol. The first-order chi connectivity index (χ1) is 5.11. The van der Waals surface area contributed by atoms with Crippen LogP contribution < -0.4 is 0 Å². The summed E-state index contributed by atoms with van der Waals surface area (Å²) in [4.78, 5) is 10.8. The molecule has 0 fully saturated rings. The number of carbonyl (C=O) groups is 1. The van der Waals surface area contributed by atoms with Gasteiger partial charge in [-0.2, -0.15) is 0 Å². The van der Waals surface area contributed by atoms with E-state index in [0.717, 1.165) is 0 Å². The van der Waals surface area contributed by atoms with E-state index in [1.165, 1.54) is 13.2 Å². The third kappa shape index (κ3) is 5.66. The van der Waals surface area contributed by atoms with Gasteiger partial charge in [-0.25, -0.2) is 0 Å². The van der Waals surface area contributed by atoms with Crippen LogP contribution in [-0.4, -0.2) is 24.1 Å². The third-order valence-corrected chi connectivity index (χ3v) is 1.43. The molecule has 0 rings (SSSR count). The molecular weight excluding hydrogens is 323 g/mol. The van der Waals surface area contributed by atoms with Gasteiger partial charge in [0.15, 0.2) is 5.78 Å². The van der Waals surface area contributed by atoms with Crippen LogP contribution in [0.2, 0.25) is 0 Å². The van der Waals surface area contributed by atoms with E-state index in [-0.39, 0.29) is 37.4 Å². The van der Waals surface area contributed by atoms with E-state index in [1.54, 1.807) is 13.8 Å². The number of allylic oxidation sites excluding steroid dienone is 1. The minimum atomic E-state index is -0.398. The van der Waals surface area contributed by atoms with Gasteiger partial charge in [-0.1, -0.05) is 6.92 Å². The monoisotopic (exact) mass is 338 g/mol. The van der Waals surface area contributed by atoms with Crippen molar-refractivity contribution in [2.45, 2.75) is 26.4 Å². The first-order valence-corrected chi connectivity index (χ1v) is 3.58. The van der Waals surface area contributed by atoms with E-state index in [2.05, 4.69) is 0 Å². The molecule has 0 aromatic rings. The predicted octanol–water partition coefficient (Wildman–Crippen LogP) is 1.44. The number of ketones is 1. The van der Waals surface area contributed by atoms with Crippen molar-refractivity contribution in [3.63, 3.8) is 0 Å². The van der Waals surface area contributed by atoms with Crippen LogP contribution >= 0.6 is 0 Å². The summed E-state index contributed by atoms with van der Waals surface area (Å²) in [5, 5.41) is 9.13. The van der Waals surface area contributed by atoms with Crippen molar-refractivity contribution in [2.75, 3.05) is 7.11 Å². The number of hydrogen-bond acceptors (Lipinski definition) is 3. The van der Waals surface area contributed by atoms with Crippen LogP contribution in [0.5, 0.6) is 0 Å². The normalized spacial score (nSPS) is 13.4. The average Bonchev–Trinajstić information content (AvgIpc) is 2.02. The molecule has 12 heavy (non-hydrogen) atoms. The molecule has 0 saturated carbocycles. The Morgan fingerprint density at radius 3 is 2.50 bits per heavy atom. The van der Waals surface area contributed by atoms with Gasteiger partial charge in [-0.05, 0) is 6.92 Å². The molecule has 0 aliphatic rings. The first-order valence-electron chi connectivity index (χ1n) is 3.58. The molecule has 4 heteroatoms. The van der Waals surface area contributed by atoms with Gasteiger partial charge in [0.2, 0.25) is 0 Å². The summed E-state index contributed by atoms with van der Waals surface area (Å²) in [7, 11) is 1.48. The third-order valence-electron chi connectivity index (χ3n) is 1.43. The maximum absolute atomic E-state index is 10.8. The Morgan fingerprint density at radius 1 is 1.67 bits per heavy atom. The topological polar surface area (TPSA) is 46.5 Å². The zero-order valence-corrected chi connectivity index (χ0v) is 11.2. The van der Waals surface area contributed by atoms with Crippen molar-refractivity contribution in [2.24, 2.45) is 0 Å². The SMILES string of the molecule is CCC(=O)/C=C(\O)C(C)OC.[Hf]. The van der Waals surface area contributed by atoms with Crippen molar-refractivity contribution in [3.05, 3.63) is 11.8 Å². The van der Waals surface area contributed by atoms with E-state index >= 15 is 0 Å². The second-order valence-electron chi connectivity index (χ2n) is 2.27. The number of aliphatic hydroxyl groups excluding tert-OH is 1. The minimum Gasteiger partial charge on any atom is -0.509 e. The fourth-order valence-electron chi connectivity index (χ4n) is 0.505. The Balaban J connectivity index is 0. The first kappa shape index (κ1) is 14.6. The number of methoxy groups -OCH3 is 1. The van der Waals surface area contributed by atoms with Gasteiger partial charge >= 0.3 is 0 Å². The number of aliphatic hydroxyl groups is 1. The molecule has 0 aromatic carbocycles. The number of ether oxygens (including phenoxy) is 1. The molecular formula is C8H14HfO3. The zero-order chi connectivity index (χ0) is 8.85. The van der Waals surface area contributed by atoms with Crippen LogP contribution in [0.25, 0.3) is 0 Å². The number of rotatable bonds is 4. The molecule has 0 radical (unpaired) electrons. The molecule has 0 bridgehead atoms. The van der Waals surface area contributed by atoms with Crippen LogP contribution in [0.3, 0.4) is 0 Å². The molecule has 1 N–H and O–H groups in total. The van der Waals surface area contributed by atoms with Gasteiger partial charge in [0.05, 0.1) is 0 Å². The number of carbonyl (C=O) groups excluding carboxylic acids is 1. The second kappa shape index (κ2) is 7.68. The van der Waals surface area contributed by atoms with E-state index in [1.807, 2.05) is 0 Å². The van der Waals surface area contributed by atoms with Gasteiger partial charge in [0.25, 0.3) is 0 Å². The summed E-state index contributed by atoms with van der Waals surface area (Å²) in [5.41, 5.74) is 0. The van der Waals surface area contributed by atoms with E-state index < -0.39 is 6.10 Å². The molecule has 3 nitrogen and oxygen atoms in total. The van der Waals surface area contributed by atoms with E-state index in [0.29, 0.717) is 6.42 Å². The van der Waals surface area contributed by atoms with Crippen LogP contribution in [-0.2, 0) is 35.4 Å². The molecule has 1 atom stereocenters. The quantitative estimate of drug-likeness (QED) is 0.480. The summed E-state index contributed by atoms with van der Waals surface area (Å²) >= 11 is 0. The van der Waals surface area contributed by atoms with Gasteiger partial charge in [0, 0.05) is 45.4 Å².